The summed E-state index contributed by atoms with van der Waals surface area (Å²) in [6.45, 7) is 2.30. The van der Waals surface area contributed by atoms with E-state index in [0.29, 0.717) is 30.0 Å². The van der Waals surface area contributed by atoms with Gasteiger partial charge in [0.1, 0.15) is 5.70 Å². The zero-order valence-electron chi connectivity index (χ0n) is 12.6. The summed E-state index contributed by atoms with van der Waals surface area (Å²) in [6.07, 6.45) is 2.29. The fourth-order valence-electron chi connectivity index (χ4n) is 2.22. The number of amides is 3. The summed E-state index contributed by atoms with van der Waals surface area (Å²) in [5.41, 5.74) is 0.854. The minimum Gasteiger partial charge on any atom is -0.493 e. The first-order valence-electron chi connectivity index (χ1n) is 6.77. The molecule has 1 saturated heterocycles. The molecule has 0 aliphatic carbocycles. The van der Waals surface area contributed by atoms with Gasteiger partial charge in [-0.25, -0.2) is 4.79 Å². The Morgan fingerprint density at radius 3 is 2.59 bits per heavy atom. The Hall–Kier alpha value is -2.02. The van der Waals surface area contributed by atoms with Crippen molar-refractivity contribution in [3.63, 3.8) is 0 Å². The van der Waals surface area contributed by atoms with Crippen molar-refractivity contribution >= 4 is 33.9 Å². The quantitative estimate of drug-likeness (QED) is 0.640. The second-order valence-electron chi connectivity index (χ2n) is 4.68. The molecule has 1 aromatic rings. The Kier molecular flexibility index (Phi) is 5.07. The number of hydrogen-bond donors (Lipinski definition) is 1. The molecule has 1 heterocycles. The Morgan fingerprint density at radius 2 is 2.00 bits per heavy atom. The molecule has 1 fully saturated rings. The molecule has 7 heteroatoms. The van der Waals surface area contributed by atoms with Gasteiger partial charge in [0.2, 0.25) is 0 Å². The van der Waals surface area contributed by atoms with Gasteiger partial charge in [0, 0.05) is 16.6 Å². The molecule has 0 bridgehead atoms. The third-order valence-electron chi connectivity index (χ3n) is 3.18. The van der Waals surface area contributed by atoms with E-state index in [1.54, 1.807) is 18.2 Å². The number of urea groups is 1. The maximum absolute atomic E-state index is 12.2. The third-order valence-corrected chi connectivity index (χ3v) is 3.64. The number of methoxy groups -OCH3 is 2. The normalized spacial score (nSPS) is 16.2. The summed E-state index contributed by atoms with van der Waals surface area (Å²) >= 11 is 3.38. The number of carbonyl (C=O) groups excluding carboxylic acids is 2. The van der Waals surface area contributed by atoms with E-state index in [2.05, 4.69) is 21.2 Å². The van der Waals surface area contributed by atoms with Crippen molar-refractivity contribution in [3.05, 3.63) is 27.9 Å². The van der Waals surface area contributed by atoms with Crippen molar-refractivity contribution < 1.29 is 19.1 Å². The van der Waals surface area contributed by atoms with Crippen LogP contribution in [0, 0.1) is 0 Å². The number of rotatable bonds is 5. The van der Waals surface area contributed by atoms with Crippen LogP contribution >= 0.6 is 15.9 Å². The lowest BCUT2D eigenvalue weighted by molar-refractivity contribution is -0.122. The Morgan fingerprint density at radius 1 is 1.27 bits per heavy atom. The SMILES string of the molecule is CCCN1C(=O)N/C(=C/c2cc(Br)cc(OC)c2OC)C1=O. The van der Waals surface area contributed by atoms with Gasteiger partial charge in [-0.05, 0) is 24.6 Å². The van der Waals surface area contributed by atoms with Gasteiger partial charge < -0.3 is 14.8 Å². The van der Waals surface area contributed by atoms with Gasteiger partial charge in [0.25, 0.3) is 5.91 Å². The third kappa shape index (κ3) is 3.09. The van der Waals surface area contributed by atoms with E-state index < -0.39 is 6.03 Å². The summed E-state index contributed by atoms with van der Waals surface area (Å²) in [5.74, 6) is 0.688. The first-order valence-corrected chi connectivity index (χ1v) is 7.57. The summed E-state index contributed by atoms with van der Waals surface area (Å²) in [4.78, 5) is 25.2. The number of nitrogens with zero attached hydrogens (tertiary/aromatic N) is 1. The lowest BCUT2D eigenvalue weighted by Gasteiger charge is -2.11. The van der Waals surface area contributed by atoms with E-state index in [9.17, 15) is 9.59 Å². The number of nitrogens with one attached hydrogen (secondary N) is 1. The van der Waals surface area contributed by atoms with Crippen LogP contribution in [-0.2, 0) is 4.79 Å². The number of imide groups is 1. The maximum atomic E-state index is 12.2. The molecule has 0 saturated carbocycles. The van der Waals surface area contributed by atoms with Crippen molar-refractivity contribution in [3.8, 4) is 11.5 Å². The highest BCUT2D eigenvalue weighted by molar-refractivity contribution is 9.10. The molecule has 1 aliphatic heterocycles. The van der Waals surface area contributed by atoms with Gasteiger partial charge in [0.05, 0.1) is 14.2 Å². The second kappa shape index (κ2) is 6.83. The van der Waals surface area contributed by atoms with E-state index >= 15 is 0 Å². The molecule has 3 amide bonds. The van der Waals surface area contributed by atoms with Crippen LogP contribution in [0.3, 0.4) is 0 Å². The highest BCUT2D eigenvalue weighted by Gasteiger charge is 2.33. The first-order chi connectivity index (χ1) is 10.5. The average Bonchev–Trinajstić information content (AvgIpc) is 2.74. The van der Waals surface area contributed by atoms with Gasteiger partial charge in [0.15, 0.2) is 11.5 Å². The van der Waals surface area contributed by atoms with E-state index in [1.807, 2.05) is 6.92 Å². The Bertz CT molecular complexity index is 643. The van der Waals surface area contributed by atoms with Crippen molar-refractivity contribution in [2.75, 3.05) is 20.8 Å². The highest BCUT2D eigenvalue weighted by atomic mass is 79.9. The molecule has 0 radical (unpaired) electrons. The minimum absolute atomic E-state index is 0.219. The summed E-state index contributed by atoms with van der Waals surface area (Å²) in [5, 5.41) is 2.58. The molecular weight excluding hydrogens is 352 g/mol. The molecule has 22 heavy (non-hydrogen) atoms. The zero-order valence-corrected chi connectivity index (χ0v) is 14.2. The topological polar surface area (TPSA) is 67.9 Å². The molecule has 0 spiro atoms. The van der Waals surface area contributed by atoms with Crippen LogP contribution < -0.4 is 14.8 Å². The largest absolute Gasteiger partial charge is 0.493 e. The summed E-state index contributed by atoms with van der Waals surface area (Å²) in [7, 11) is 3.05. The number of carbonyl (C=O) groups is 2. The van der Waals surface area contributed by atoms with Crippen LogP contribution in [0.1, 0.15) is 18.9 Å². The van der Waals surface area contributed by atoms with Gasteiger partial charge in [-0.2, -0.15) is 0 Å². The highest BCUT2D eigenvalue weighted by Crippen LogP contribution is 2.36. The molecule has 0 aromatic heterocycles. The van der Waals surface area contributed by atoms with Crippen molar-refractivity contribution in [2.24, 2.45) is 0 Å². The van der Waals surface area contributed by atoms with Crippen LogP contribution in [0.25, 0.3) is 6.08 Å². The van der Waals surface area contributed by atoms with Crippen LogP contribution in [-0.4, -0.2) is 37.6 Å². The molecule has 1 N–H and O–H groups in total. The Balaban J connectivity index is 2.43. The van der Waals surface area contributed by atoms with Gasteiger partial charge in [-0.3, -0.25) is 9.69 Å². The van der Waals surface area contributed by atoms with Gasteiger partial charge >= 0.3 is 6.03 Å². The molecule has 118 valence electrons. The van der Waals surface area contributed by atoms with Crippen molar-refractivity contribution in [1.82, 2.24) is 10.2 Å². The number of halogens is 1. The number of hydrogen-bond acceptors (Lipinski definition) is 4. The lowest BCUT2D eigenvalue weighted by atomic mass is 10.1. The number of benzene rings is 1. The zero-order chi connectivity index (χ0) is 16.3. The molecule has 1 aliphatic rings. The standard InChI is InChI=1S/C15H17BrN2O4/c1-4-5-18-14(19)11(17-15(18)20)7-9-6-10(16)8-12(21-2)13(9)22-3/h6-8H,4-5H2,1-3H3,(H,17,20)/b11-7+. The fourth-order valence-corrected chi connectivity index (χ4v) is 2.67. The first kappa shape index (κ1) is 16.4. The van der Waals surface area contributed by atoms with E-state index in [-0.39, 0.29) is 11.6 Å². The van der Waals surface area contributed by atoms with E-state index in [1.165, 1.54) is 19.1 Å². The van der Waals surface area contributed by atoms with Crippen LogP contribution in [0.15, 0.2) is 22.3 Å². The average molecular weight is 369 g/mol. The molecule has 0 unspecified atom stereocenters. The number of ether oxygens (including phenoxy) is 2. The fraction of sp³-hybridized carbons (Fsp3) is 0.333. The van der Waals surface area contributed by atoms with Crippen LogP contribution in [0.2, 0.25) is 0 Å². The molecule has 6 nitrogen and oxygen atoms in total. The van der Waals surface area contributed by atoms with E-state index in [4.69, 9.17) is 9.47 Å². The van der Waals surface area contributed by atoms with Gasteiger partial charge in [-0.1, -0.05) is 22.9 Å². The maximum Gasteiger partial charge on any atom is 0.329 e. The van der Waals surface area contributed by atoms with E-state index in [0.717, 1.165) is 4.47 Å². The monoisotopic (exact) mass is 368 g/mol. The van der Waals surface area contributed by atoms with Crippen LogP contribution in [0.4, 0.5) is 4.79 Å². The summed E-state index contributed by atoms with van der Waals surface area (Å²) in [6, 6.07) is 3.15. The van der Waals surface area contributed by atoms with Crippen molar-refractivity contribution in [1.29, 1.82) is 0 Å². The lowest BCUT2D eigenvalue weighted by Crippen LogP contribution is -2.31. The molecule has 0 atom stereocenters. The predicted molar refractivity (Wildman–Crippen MR) is 85.8 cm³/mol. The Labute approximate surface area is 137 Å². The van der Waals surface area contributed by atoms with Gasteiger partial charge in [-0.15, -0.1) is 0 Å². The molecule has 2 rings (SSSR count). The summed E-state index contributed by atoms with van der Waals surface area (Å²) < 4.78 is 11.4. The minimum atomic E-state index is -0.404. The molecule has 1 aromatic carbocycles. The predicted octanol–water partition coefficient (Wildman–Crippen LogP) is 2.77. The second-order valence-corrected chi connectivity index (χ2v) is 5.59. The molecular formula is C15H17BrN2O4. The van der Waals surface area contributed by atoms with Crippen LogP contribution in [0.5, 0.6) is 11.5 Å². The van der Waals surface area contributed by atoms with Crippen molar-refractivity contribution in [2.45, 2.75) is 13.3 Å². The smallest absolute Gasteiger partial charge is 0.329 e.